The van der Waals surface area contributed by atoms with Gasteiger partial charge in [0.25, 0.3) is 0 Å². The highest BCUT2D eigenvalue weighted by molar-refractivity contribution is 5.21. The van der Waals surface area contributed by atoms with Crippen LogP contribution in [0, 0.1) is 12.3 Å². The molecule has 0 aliphatic carbocycles. The standard InChI is InChI=1S/C15H23NO2/c1-13-3-2-4-14(9-13)10-16-11-15(5-7-17)6-8-18-12-15/h2-4,9,16-17H,5-8,10-12H2,1H3. The van der Waals surface area contributed by atoms with Crippen molar-refractivity contribution in [2.75, 3.05) is 26.4 Å². The van der Waals surface area contributed by atoms with Crippen molar-refractivity contribution in [3.63, 3.8) is 0 Å². The van der Waals surface area contributed by atoms with Crippen LogP contribution in [0.1, 0.15) is 24.0 Å². The maximum atomic E-state index is 9.16. The molecule has 1 aromatic carbocycles. The summed E-state index contributed by atoms with van der Waals surface area (Å²) in [6.45, 7) is 5.76. The van der Waals surface area contributed by atoms with E-state index in [1.165, 1.54) is 11.1 Å². The third-order valence-electron chi connectivity index (χ3n) is 3.74. The van der Waals surface area contributed by atoms with Crippen molar-refractivity contribution in [2.45, 2.75) is 26.3 Å². The van der Waals surface area contributed by atoms with Gasteiger partial charge in [0.2, 0.25) is 0 Å². The molecule has 100 valence electrons. The number of benzene rings is 1. The lowest BCUT2D eigenvalue weighted by molar-refractivity contribution is 0.124. The van der Waals surface area contributed by atoms with Crippen molar-refractivity contribution in [1.29, 1.82) is 0 Å². The Kier molecular flexibility index (Phi) is 4.75. The molecule has 1 saturated heterocycles. The Balaban J connectivity index is 1.83. The van der Waals surface area contributed by atoms with Gasteiger partial charge in [0.05, 0.1) is 6.61 Å². The van der Waals surface area contributed by atoms with E-state index in [0.29, 0.717) is 0 Å². The molecule has 0 saturated carbocycles. The predicted octanol–water partition coefficient (Wildman–Crippen LogP) is 1.87. The Labute approximate surface area is 109 Å². The summed E-state index contributed by atoms with van der Waals surface area (Å²) in [5, 5.41) is 12.7. The summed E-state index contributed by atoms with van der Waals surface area (Å²) in [4.78, 5) is 0. The van der Waals surface area contributed by atoms with E-state index in [-0.39, 0.29) is 12.0 Å². The zero-order valence-electron chi connectivity index (χ0n) is 11.1. The van der Waals surface area contributed by atoms with Gasteiger partial charge in [0.15, 0.2) is 0 Å². The van der Waals surface area contributed by atoms with Crippen LogP contribution >= 0.6 is 0 Å². The molecule has 0 bridgehead atoms. The number of nitrogens with one attached hydrogen (secondary N) is 1. The Morgan fingerprint density at radius 3 is 3.00 bits per heavy atom. The lowest BCUT2D eigenvalue weighted by Gasteiger charge is -2.26. The van der Waals surface area contributed by atoms with Crippen molar-refractivity contribution >= 4 is 0 Å². The van der Waals surface area contributed by atoms with E-state index in [1.807, 2.05) is 0 Å². The average Bonchev–Trinajstić information content (AvgIpc) is 2.79. The third-order valence-corrected chi connectivity index (χ3v) is 3.74. The van der Waals surface area contributed by atoms with Crippen LogP contribution in [0.3, 0.4) is 0 Å². The number of ether oxygens (including phenoxy) is 1. The summed E-state index contributed by atoms with van der Waals surface area (Å²) in [6.07, 6.45) is 1.88. The van der Waals surface area contributed by atoms with Gasteiger partial charge in [-0.05, 0) is 25.3 Å². The molecule has 0 amide bonds. The van der Waals surface area contributed by atoms with Crippen LogP contribution in [-0.2, 0) is 11.3 Å². The molecule has 2 rings (SSSR count). The second-order valence-electron chi connectivity index (χ2n) is 5.37. The molecule has 1 fully saturated rings. The zero-order valence-corrected chi connectivity index (χ0v) is 11.1. The first-order valence-corrected chi connectivity index (χ1v) is 6.69. The number of rotatable bonds is 6. The molecule has 18 heavy (non-hydrogen) atoms. The molecule has 0 aromatic heterocycles. The molecule has 2 N–H and O–H groups in total. The fourth-order valence-electron chi connectivity index (χ4n) is 2.61. The molecule has 0 spiro atoms. The van der Waals surface area contributed by atoms with Gasteiger partial charge in [-0.3, -0.25) is 0 Å². The second-order valence-corrected chi connectivity index (χ2v) is 5.37. The highest BCUT2D eigenvalue weighted by atomic mass is 16.5. The number of aryl methyl sites for hydroxylation is 1. The molecule has 1 aromatic rings. The lowest BCUT2D eigenvalue weighted by Crippen LogP contribution is -2.35. The zero-order chi connectivity index (χ0) is 12.8. The Morgan fingerprint density at radius 2 is 2.33 bits per heavy atom. The normalized spacial score (nSPS) is 23.4. The van der Waals surface area contributed by atoms with E-state index in [9.17, 15) is 0 Å². The van der Waals surface area contributed by atoms with Gasteiger partial charge in [0.1, 0.15) is 0 Å². The van der Waals surface area contributed by atoms with Crippen LogP contribution in [0.5, 0.6) is 0 Å². The summed E-state index contributed by atoms with van der Waals surface area (Å²) in [6, 6.07) is 8.55. The summed E-state index contributed by atoms with van der Waals surface area (Å²) >= 11 is 0. The van der Waals surface area contributed by atoms with E-state index in [2.05, 4.69) is 36.5 Å². The minimum Gasteiger partial charge on any atom is -0.396 e. The minimum absolute atomic E-state index is 0.137. The van der Waals surface area contributed by atoms with E-state index in [1.54, 1.807) is 0 Å². The van der Waals surface area contributed by atoms with Crippen LogP contribution in [0.25, 0.3) is 0 Å². The number of hydrogen-bond donors (Lipinski definition) is 2. The summed E-state index contributed by atoms with van der Waals surface area (Å²) in [7, 11) is 0. The number of aliphatic hydroxyl groups excluding tert-OH is 1. The Bertz CT molecular complexity index is 373. The molecular weight excluding hydrogens is 226 g/mol. The first kappa shape index (κ1) is 13.5. The quantitative estimate of drug-likeness (QED) is 0.809. The number of aliphatic hydroxyl groups is 1. The van der Waals surface area contributed by atoms with E-state index < -0.39 is 0 Å². The SMILES string of the molecule is Cc1cccc(CNCC2(CCO)CCOC2)c1. The fourth-order valence-corrected chi connectivity index (χ4v) is 2.61. The molecule has 1 unspecified atom stereocenters. The van der Waals surface area contributed by atoms with Crippen molar-refractivity contribution in [1.82, 2.24) is 5.32 Å². The highest BCUT2D eigenvalue weighted by Gasteiger charge is 2.33. The average molecular weight is 249 g/mol. The minimum atomic E-state index is 0.137. The van der Waals surface area contributed by atoms with E-state index >= 15 is 0 Å². The summed E-state index contributed by atoms with van der Waals surface area (Å²) in [5.74, 6) is 0. The van der Waals surface area contributed by atoms with Gasteiger partial charge in [-0.25, -0.2) is 0 Å². The van der Waals surface area contributed by atoms with Crippen LogP contribution in [0.15, 0.2) is 24.3 Å². The summed E-state index contributed by atoms with van der Waals surface area (Å²) in [5.41, 5.74) is 2.75. The summed E-state index contributed by atoms with van der Waals surface area (Å²) < 4.78 is 5.48. The molecular formula is C15H23NO2. The molecule has 3 heteroatoms. The topological polar surface area (TPSA) is 41.5 Å². The Hall–Kier alpha value is -0.900. The second kappa shape index (κ2) is 6.32. The highest BCUT2D eigenvalue weighted by Crippen LogP contribution is 2.31. The first-order valence-electron chi connectivity index (χ1n) is 6.69. The molecule has 1 atom stereocenters. The monoisotopic (exact) mass is 249 g/mol. The van der Waals surface area contributed by atoms with Gasteiger partial charge in [0, 0.05) is 31.7 Å². The molecule has 3 nitrogen and oxygen atoms in total. The van der Waals surface area contributed by atoms with Crippen LogP contribution in [0.4, 0.5) is 0 Å². The fraction of sp³-hybridized carbons (Fsp3) is 0.600. The van der Waals surface area contributed by atoms with Crippen LogP contribution < -0.4 is 5.32 Å². The van der Waals surface area contributed by atoms with Gasteiger partial charge >= 0.3 is 0 Å². The van der Waals surface area contributed by atoms with E-state index in [0.717, 1.165) is 39.1 Å². The third kappa shape index (κ3) is 3.55. The van der Waals surface area contributed by atoms with Crippen LogP contribution in [-0.4, -0.2) is 31.5 Å². The molecule has 1 heterocycles. The van der Waals surface area contributed by atoms with Gasteiger partial charge < -0.3 is 15.2 Å². The first-order chi connectivity index (χ1) is 8.74. The molecule has 0 radical (unpaired) electrons. The lowest BCUT2D eigenvalue weighted by atomic mass is 9.84. The maximum absolute atomic E-state index is 9.16. The van der Waals surface area contributed by atoms with Crippen molar-refractivity contribution in [3.8, 4) is 0 Å². The van der Waals surface area contributed by atoms with Crippen LogP contribution in [0.2, 0.25) is 0 Å². The van der Waals surface area contributed by atoms with Gasteiger partial charge in [-0.1, -0.05) is 29.8 Å². The Morgan fingerprint density at radius 1 is 1.44 bits per heavy atom. The van der Waals surface area contributed by atoms with Gasteiger partial charge in [-0.2, -0.15) is 0 Å². The smallest absolute Gasteiger partial charge is 0.0536 e. The van der Waals surface area contributed by atoms with E-state index in [4.69, 9.17) is 9.84 Å². The predicted molar refractivity (Wildman–Crippen MR) is 72.5 cm³/mol. The molecule has 1 aliphatic rings. The van der Waals surface area contributed by atoms with Crippen molar-refractivity contribution in [2.24, 2.45) is 5.41 Å². The largest absolute Gasteiger partial charge is 0.396 e. The van der Waals surface area contributed by atoms with Crippen molar-refractivity contribution in [3.05, 3.63) is 35.4 Å². The maximum Gasteiger partial charge on any atom is 0.0536 e. The van der Waals surface area contributed by atoms with Crippen molar-refractivity contribution < 1.29 is 9.84 Å². The molecule has 1 aliphatic heterocycles. The number of hydrogen-bond acceptors (Lipinski definition) is 3. The van der Waals surface area contributed by atoms with Gasteiger partial charge in [-0.15, -0.1) is 0 Å².